The van der Waals surface area contributed by atoms with Crippen molar-refractivity contribution in [1.29, 1.82) is 0 Å². The summed E-state index contributed by atoms with van der Waals surface area (Å²) >= 11 is 0. The van der Waals surface area contributed by atoms with Crippen LogP contribution in [0.25, 0.3) is 0 Å². The summed E-state index contributed by atoms with van der Waals surface area (Å²) in [6.07, 6.45) is 1.64. The van der Waals surface area contributed by atoms with Gasteiger partial charge in [-0.25, -0.2) is 14.3 Å². The molecule has 0 bridgehead atoms. The van der Waals surface area contributed by atoms with Gasteiger partial charge in [0.25, 0.3) is 5.82 Å². The summed E-state index contributed by atoms with van der Waals surface area (Å²) in [5.41, 5.74) is 0.258. The standard InChI is InChI=1S/C7H9N3O2/c11-7(12)5-4-10-2-1-8-3-6(10)9-5/h4,8H,1-3H2,(H,11,12)/p+1. The predicted octanol–water partition coefficient (Wildman–Crippen LogP) is -0.896. The third-order valence-electron chi connectivity index (χ3n) is 1.96. The summed E-state index contributed by atoms with van der Waals surface area (Å²) in [6.45, 7) is 2.45. The quantitative estimate of drug-likeness (QED) is 0.476. The minimum Gasteiger partial charge on any atom is -0.475 e. The molecule has 1 aromatic heterocycles. The lowest BCUT2D eigenvalue weighted by Crippen LogP contribution is -2.47. The lowest BCUT2D eigenvalue weighted by Gasteiger charge is -2.07. The first-order chi connectivity index (χ1) is 5.77. The van der Waals surface area contributed by atoms with Crippen molar-refractivity contribution in [1.82, 2.24) is 10.3 Å². The van der Waals surface area contributed by atoms with E-state index < -0.39 is 5.97 Å². The minimum absolute atomic E-state index is 0.258. The summed E-state index contributed by atoms with van der Waals surface area (Å²) < 4.78 is 1.93. The molecule has 0 aliphatic carbocycles. The number of carboxylic acids is 1. The van der Waals surface area contributed by atoms with E-state index in [1.165, 1.54) is 0 Å². The molecule has 0 radical (unpaired) electrons. The molecule has 0 saturated heterocycles. The van der Waals surface area contributed by atoms with Gasteiger partial charge in [0.2, 0.25) is 5.69 Å². The Balaban J connectivity index is 2.38. The van der Waals surface area contributed by atoms with E-state index in [0.29, 0.717) is 6.54 Å². The van der Waals surface area contributed by atoms with Crippen LogP contribution in [-0.4, -0.2) is 22.6 Å². The van der Waals surface area contributed by atoms with Crippen LogP contribution in [0.15, 0.2) is 6.20 Å². The number of nitrogens with zero attached hydrogens (tertiary/aromatic N) is 1. The van der Waals surface area contributed by atoms with Crippen molar-refractivity contribution >= 4 is 5.97 Å². The second-order valence-corrected chi connectivity index (χ2v) is 2.79. The van der Waals surface area contributed by atoms with E-state index in [1.54, 1.807) is 6.20 Å². The zero-order chi connectivity index (χ0) is 8.55. The lowest BCUT2D eigenvalue weighted by molar-refractivity contribution is -0.706. The molecule has 0 aromatic carbocycles. The van der Waals surface area contributed by atoms with Crippen LogP contribution in [0.5, 0.6) is 0 Å². The molecule has 1 aliphatic heterocycles. The smallest absolute Gasteiger partial charge is 0.379 e. The number of nitrogens with one attached hydrogen (secondary N) is 2. The highest BCUT2D eigenvalue weighted by Gasteiger charge is 2.21. The molecule has 3 N–H and O–H groups in total. The van der Waals surface area contributed by atoms with Gasteiger partial charge >= 0.3 is 5.97 Å². The molecule has 5 heteroatoms. The third kappa shape index (κ3) is 1.08. The lowest BCUT2D eigenvalue weighted by atomic mass is 10.4. The largest absolute Gasteiger partial charge is 0.475 e. The molecular formula is C7H10N3O2+. The zero-order valence-corrected chi connectivity index (χ0v) is 6.50. The number of H-pyrrole nitrogens is 1. The van der Waals surface area contributed by atoms with Gasteiger partial charge in [0.15, 0.2) is 0 Å². The second-order valence-electron chi connectivity index (χ2n) is 2.79. The van der Waals surface area contributed by atoms with Crippen LogP contribution in [0.4, 0.5) is 0 Å². The Hall–Kier alpha value is -1.36. The molecule has 2 rings (SSSR count). The maximum Gasteiger partial charge on any atom is 0.379 e. The highest BCUT2D eigenvalue weighted by Crippen LogP contribution is 1.97. The Morgan fingerprint density at radius 1 is 1.67 bits per heavy atom. The maximum absolute atomic E-state index is 10.6. The van der Waals surface area contributed by atoms with Gasteiger partial charge in [-0.2, -0.15) is 0 Å². The van der Waals surface area contributed by atoms with Gasteiger partial charge in [-0.3, -0.25) is 0 Å². The molecular weight excluding hydrogens is 158 g/mol. The fourth-order valence-electron chi connectivity index (χ4n) is 1.35. The van der Waals surface area contributed by atoms with E-state index in [-0.39, 0.29) is 5.69 Å². The molecule has 0 spiro atoms. The van der Waals surface area contributed by atoms with Crippen molar-refractivity contribution in [2.24, 2.45) is 0 Å². The van der Waals surface area contributed by atoms with Gasteiger partial charge in [-0.1, -0.05) is 0 Å². The molecule has 12 heavy (non-hydrogen) atoms. The van der Waals surface area contributed by atoms with E-state index in [2.05, 4.69) is 10.3 Å². The highest BCUT2D eigenvalue weighted by molar-refractivity contribution is 5.84. The first-order valence-corrected chi connectivity index (χ1v) is 3.83. The van der Waals surface area contributed by atoms with E-state index in [0.717, 1.165) is 18.9 Å². The van der Waals surface area contributed by atoms with Crippen LogP contribution in [0.3, 0.4) is 0 Å². The van der Waals surface area contributed by atoms with E-state index in [9.17, 15) is 4.79 Å². The molecule has 1 aliphatic rings. The summed E-state index contributed by atoms with van der Waals surface area (Å²) in [6, 6.07) is 0. The SMILES string of the molecule is O=C(O)c1c[n+]2c([nH]1)CNCC2. The van der Waals surface area contributed by atoms with Crippen molar-refractivity contribution in [3.63, 3.8) is 0 Å². The molecule has 0 atom stereocenters. The van der Waals surface area contributed by atoms with Crippen LogP contribution in [0.1, 0.15) is 16.3 Å². The molecule has 0 fully saturated rings. The van der Waals surface area contributed by atoms with Gasteiger partial charge in [0.1, 0.15) is 12.7 Å². The van der Waals surface area contributed by atoms with Gasteiger partial charge < -0.3 is 10.4 Å². The average molecular weight is 168 g/mol. The molecule has 64 valence electrons. The van der Waals surface area contributed by atoms with Crippen molar-refractivity contribution < 1.29 is 14.5 Å². The van der Waals surface area contributed by atoms with E-state index in [4.69, 9.17) is 5.11 Å². The van der Waals surface area contributed by atoms with Gasteiger partial charge in [0.05, 0.1) is 6.54 Å². The number of hydrogen-bond acceptors (Lipinski definition) is 2. The molecule has 0 saturated carbocycles. The molecule has 1 aromatic rings. The Kier molecular flexibility index (Phi) is 1.58. The first-order valence-electron chi connectivity index (χ1n) is 3.83. The Morgan fingerprint density at radius 3 is 3.17 bits per heavy atom. The number of aromatic carboxylic acids is 1. The predicted molar refractivity (Wildman–Crippen MR) is 39.7 cm³/mol. The third-order valence-corrected chi connectivity index (χ3v) is 1.96. The van der Waals surface area contributed by atoms with Crippen LogP contribution < -0.4 is 9.88 Å². The number of aromatic amines is 1. The number of carbonyl (C=O) groups is 1. The average Bonchev–Trinajstić information content (AvgIpc) is 2.46. The number of aromatic nitrogens is 2. The zero-order valence-electron chi connectivity index (χ0n) is 6.50. The fourth-order valence-corrected chi connectivity index (χ4v) is 1.35. The second kappa shape index (κ2) is 2.60. The summed E-state index contributed by atoms with van der Waals surface area (Å²) in [4.78, 5) is 13.4. The number of carboxylic acid groups (broad SMARTS) is 1. The van der Waals surface area contributed by atoms with E-state index in [1.807, 2.05) is 4.57 Å². The van der Waals surface area contributed by atoms with Gasteiger partial charge in [0, 0.05) is 6.54 Å². The molecule has 2 heterocycles. The molecule has 0 unspecified atom stereocenters. The van der Waals surface area contributed by atoms with Crippen LogP contribution in [0.2, 0.25) is 0 Å². The number of rotatable bonds is 1. The Morgan fingerprint density at radius 2 is 2.50 bits per heavy atom. The topological polar surface area (TPSA) is 69.0 Å². The normalized spacial score (nSPS) is 15.7. The van der Waals surface area contributed by atoms with Gasteiger partial charge in [-0.05, 0) is 0 Å². The van der Waals surface area contributed by atoms with Crippen molar-refractivity contribution in [2.75, 3.05) is 6.54 Å². The minimum atomic E-state index is -0.906. The molecule has 0 amide bonds. The van der Waals surface area contributed by atoms with E-state index >= 15 is 0 Å². The number of imidazole rings is 1. The highest BCUT2D eigenvalue weighted by atomic mass is 16.4. The Labute approximate surface area is 69.0 Å². The Bertz CT molecular complexity index is 295. The van der Waals surface area contributed by atoms with Crippen LogP contribution in [0, 0.1) is 0 Å². The summed E-state index contributed by atoms with van der Waals surface area (Å²) in [7, 11) is 0. The maximum atomic E-state index is 10.6. The fraction of sp³-hybridized carbons (Fsp3) is 0.429. The first kappa shape index (κ1) is 7.30. The van der Waals surface area contributed by atoms with Crippen molar-refractivity contribution in [3.05, 3.63) is 17.7 Å². The summed E-state index contributed by atoms with van der Waals surface area (Å²) in [5.74, 6) is 0.0237. The van der Waals surface area contributed by atoms with Crippen LogP contribution >= 0.6 is 0 Å². The van der Waals surface area contributed by atoms with Crippen molar-refractivity contribution in [3.8, 4) is 0 Å². The number of hydrogen-bond donors (Lipinski definition) is 3. The monoisotopic (exact) mass is 168 g/mol. The van der Waals surface area contributed by atoms with Crippen LogP contribution in [-0.2, 0) is 13.1 Å². The van der Waals surface area contributed by atoms with Gasteiger partial charge in [-0.15, -0.1) is 0 Å². The number of fused-ring (bicyclic) bond motifs is 1. The summed E-state index contributed by atoms with van der Waals surface area (Å²) in [5, 5.41) is 11.8. The van der Waals surface area contributed by atoms with Crippen molar-refractivity contribution in [2.45, 2.75) is 13.1 Å². The molecule has 5 nitrogen and oxygen atoms in total.